The molecule has 4 aromatic rings. The number of hydrogen-bond donors (Lipinski definition) is 3. The van der Waals surface area contributed by atoms with Crippen LogP contribution in [0.4, 0.5) is 5.82 Å². The molecule has 3 aromatic heterocycles. The second-order valence-electron chi connectivity index (χ2n) is 8.17. The van der Waals surface area contributed by atoms with E-state index in [9.17, 15) is 0 Å². The number of aromatic nitrogens is 3. The summed E-state index contributed by atoms with van der Waals surface area (Å²) in [5.41, 5.74) is 12.4. The van der Waals surface area contributed by atoms with Crippen molar-refractivity contribution in [2.45, 2.75) is 32.1 Å². The van der Waals surface area contributed by atoms with Crippen molar-refractivity contribution in [1.82, 2.24) is 20.5 Å². The number of nitrogens with one attached hydrogen (secondary N) is 2. The maximum Gasteiger partial charge on any atom is 0.205 e. The average Bonchev–Trinajstić information content (AvgIpc) is 3.44. The van der Waals surface area contributed by atoms with Crippen molar-refractivity contribution in [2.75, 3.05) is 25.4 Å². The molecule has 4 heterocycles. The summed E-state index contributed by atoms with van der Waals surface area (Å²) < 4.78 is 12.0. The standard InChI is InChI=1S/C24H27N5O2/c1-15-2-4-16(5-3-15)8-11-30-23-22-19(12-27-24(23)25)20(14-31-22)18-13-28-29-21(18)17-6-9-26-10-7-17/h2-5,12-14,17,26H,6-11H2,1H3,(H2,25,27)(H,28,29). The Morgan fingerprint density at radius 3 is 2.74 bits per heavy atom. The first-order valence-corrected chi connectivity index (χ1v) is 10.8. The van der Waals surface area contributed by atoms with Crippen LogP contribution in [0.15, 0.2) is 47.3 Å². The molecule has 1 fully saturated rings. The summed E-state index contributed by atoms with van der Waals surface area (Å²) in [5.74, 6) is 1.29. The number of ether oxygens (including phenoxy) is 1. The highest BCUT2D eigenvalue weighted by Crippen LogP contribution is 2.40. The predicted octanol–water partition coefficient (Wildman–Crippen LogP) is 4.20. The Morgan fingerprint density at radius 1 is 1.13 bits per heavy atom. The number of hydrogen-bond acceptors (Lipinski definition) is 6. The molecule has 1 aliphatic rings. The number of anilines is 1. The van der Waals surface area contributed by atoms with Gasteiger partial charge in [0.15, 0.2) is 11.4 Å². The highest BCUT2D eigenvalue weighted by Gasteiger charge is 2.24. The topological polar surface area (TPSA) is 102 Å². The number of furan rings is 1. The van der Waals surface area contributed by atoms with Crippen LogP contribution in [0.3, 0.4) is 0 Å². The van der Waals surface area contributed by atoms with E-state index < -0.39 is 0 Å². The van der Waals surface area contributed by atoms with Crippen LogP contribution in [0.5, 0.6) is 5.75 Å². The summed E-state index contributed by atoms with van der Waals surface area (Å²) in [7, 11) is 0. The lowest BCUT2D eigenvalue weighted by atomic mass is 9.90. The Hall–Kier alpha value is -3.32. The Bertz CT molecular complexity index is 1170. The number of pyridine rings is 1. The van der Waals surface area contributed by atoms with Crippen LogP contribution in [0.2, 0.25) is 0 Å². The molecule has 1 aliphatic heterocycles. The van der Waals surface area contributed by atoms with Gasteiger partial charge in [0.25, 0.3) is 0 Å². The molecular weight excluding hydrogens is 390 g/mol. The summed E-state index contributed by atoms with van der Waals surface area (Å²) >= 11 is 0. The first kappa shape index (κ1) is 19.6. The van der Waals surface area contributed by atoms with Crippen molar-refractivity contribution in [3.63, 3.8) is 0 Å². The third-order valence-corrected chi connectivity index (χ3v) is 6.07. The molecule has 0 unspecified atom stereocenters. The molecule has 0 spiro atoms. The third kappa shape index (κ3) is 3.88. The zero-order valence-electron chi connectivity index (χ0n) is 17.6. The monoisotopic (exact) mass is 417 g/mol. The smallest absolute Gasteiger partial charge is 0.205 e. The maximum absolute atomic E-state index is 6.14. The molecule has 1 saturated heterocycles. The van der Waals surface area contributed by atoms with Gasteiger partial charge in [0.05, 0.1) is 18.2 Å². The molecule has 5 rings (SSSR count). The second-order valence-corrected chi connectivity index (χ2v) is 8.17. The van der Waals surface area contributed by atoms with Crippen molar-refractivity contribution in [2.24, 2.45) is 0 Å². The summed E-state index contributed by atoms with van der Waals surface area (Å²) in [6.45, 7) is 4.62. The molecule has 0 saturated carbocycles. The minimum atomic E-state index is 0.336. The van der Waals surface area contributed by atoms with E-state index in [4.69, 9.17) is 14.9 Å². The van der Waals surface area contributed by atoms with Crippen LogP contribution in [0.1, 0.15) is 35.6 Å². The molecule has 160 valence electrons. The molecule has 0 radical (unpaired) electrons. The Labute approximate surface area is 181 Å². The summed E-state index contributed by atoms with van der Waals surface area (Å²) in [6, 6.07) is 8.45. The Balaban J connectivity index is 1.41. The van der Waals surface area contributed by atoms with Gasteiger partial charge < -0.3 is 20.2 Å². The van der Waals surface area contributed by atoms with E-state index in [-0.39, 0.29) is 0 Å². The van der Waals surface area contributed by atoms with Gasteiger partial charge in [-0.15, -0.1) is 0 Å². The molecule has 0 aliphatic carbocycles. The van der Waals surface area contributed by atoms with Crippen LogP contribution >= 0.6 is 0 Å². The second kappa shape index (κ2) is 8.43. The molecule has 0 bridgehead atoms. The van der Waals surface area contributed by atoms with E-state index >= 15 is 0 Å². The first-order valence-electron chi connectivity index (χ1n) is 10.8. The quantitative estimate of drug-likeness (QED) is 0.435. The van der Waals surface area contributed by atoms with E-state index in [0.29, 0.717) is 29.7 Å². The van der Waals surface area contributed by atoms with Gasteiger partial charge in [-0.05, 0) is 38.4 Å². The van der Waals surface area contributed by atoms with Crippen molar-refractivity contribution in [1.29, 1.82) is 0 Å². The largest absolute Gasteiger partial charge is 0.486 e. The van der Waals surface area contributed by atoms with Crippen molar-refractivity contribution >= 4 is 16.8 Å². The predicted molar refractivity (Wildman–Crippen MR) is 121 cm³/mol. The van der Waals surface area contributed by atoms with Gasteiger partial charge in [-0.25, -0.2) is 4.98 Å². The molecule has 7 heteroatoms. The fraction of sp³-hybridized carbons (Fsp3) is 0.333. The molecule has 1 aromatic carbocycles. The normalized spacial score (nSPS) is 14.9. The Kier molecular flexibility index (Phi) is 5.34. The zero-order chi connectivity index (χ0) is 21.2. The van der Waals surface area contributed by atoms with E-state index in [1.807, 2.05) is 6.20 Å². The van der Waals surface area contributed by atoms with Crippen LogP contribution in [0.25, 0.3) is 22.1 Å². The third-order valence-electron chi connectivity index (χ3n) is 6.07. The summed E-state index contributed by atoms with van der Waals surface area (Å²) in [4.78, 5) is 4.38. The highest BCUT2D eigenvalue weighted by molar-refractivity contribution is 5.98. The fourth-order valence-corrected chi connectivity index (χ4v) is 4.29. The lowest BCUT2D eigenvalue weighted by molar-refractivity contribution is 0.321. The molecule has 0 atom stereocenters. The van der Waals surface area contributed by atoms with Gasteiger partial charge in [-0.3, -0.25) is 5.10 Å². The average molecular weight is 418 g/mol. The summed E-state index contributed by atoms with van der Waals surface area (Å²) in [5, 5.41) is 11.8. The van der Waals surface area contributed by atoms with Crippen molar-refractivity contribution < 1.29 is 9.15 Å². The van der Waals surface area contributed by atoms with Gasteiger partial charge in [-0.1, -0.05) is 29.8 Å². The lowest BCUT2D eigenvalue weighted by Crippen LogP contribution is -2.27. The number of fused-ring (bicyclic) bond motifs is 1. The number of piperidine rings is 1. The van der Waals surface area contributed by atoms with Crippen molar-refractivity contribution in [3.8, 4) is 16.9 Å². The molecule has 31 heavy (non-hydrogen) atoms. The SMILES string of the molecule is Cc1ccc(CCOc2c(N)ncc3c(-c4cn[nH]c4C4CCNCC4)coc23)cc1. The molecule has 4 N–H and O–H groups in total. The van der Waals surface area contributed by atoms with E-state index in [0.717, 1.165) is 54.6 Å². The maximum atomic E-state index is 6.14. The molecule has 7 nitrogen and oxygen atoms in total. The van der Waals surface area contributed by atoms with Gasteiger partial charge in [0.1, 0.15) is 6.26 Å². The Morgan fingerprint density at radius 2 is 1.94 bits per heavy atom. The van der Waals surface area contributed by atoms with Crippen LogP contribution in [-0.2, 0) is 6.42 Å². The highest BCUT2D eigenvalue weighted by atomic mass is 16.5. The minimum Gasteiger partial charge on any atom is -0.486 e. The number of nitrogens with zero attached hydrogens (tertiary/aromatic N) is 2. The van der Waals surface area contributed by atoms with E-state index in [2.05, 4.69) is 51.7 Å². The van der Waals surface area contributed by atoms with Crippen LogP contribution < -0.4 is 15.8 Å². The number of nitrogen functional groups attached to an aromatic ring is 1. The minimum absolute atomic E-state index is 0.336. The van der Waals surface area contributed by atoms with E-state index in [1.54, 1.807) is 12.5 Å². The number of benzene rings is 1. The molecular formula is C24H27N5O2. The number of aryl methyl sites for hydroxylation is 1. The number of H-pyrrole nitrogens is 1. The van der Waals surface area contributed by atoms with Gasteiger partial charge in [0, 0.05) is 35.4 Å². The number of nitrogens with two attached hydrogens (primary N) is 1. The van der Waals surface area contributed by atoms with Crippen molar-refractivity contribution in [3.05, 3.63) is 59.7 Å². The lowest BCUT2D eigenvalue weighted by Gasteiger charge is -2.22. The van der Waals surface area contributed by atoms with Gasteiger partial charge in [0.2, 0.25) is 5.75 Å². The first-order chi connectivity index (χ1) is 15.2. The number of aromatic amines is 1. The summed E-state index contributed by atoms with van der Waals surface area (Å²) in [6.07, 6.45) is 8.35. The van der Waals surface area contributed by atoms with Crippen LogP contribution in [-0.4, -0.2) is 34.9 Å². The number of rotatable bonds is 6. The van der Waals surface area contributed by atoms with Gasteiger partial charge in [-0.2, -0.15) is 5.10 Å². The van der Waals surface area contributed by atoms with Crippen LogP contribution in [0, 0.1) is 6.92 Å². The van der Waals surface area contributed by atoms with Gasteiger partial charge >= 0.3 is 0 Å². The van der Waals surface area contributed by atoms with E-state index in [1.165, 1.54) is 11.1 Å². The zero-order valence-corrected chi connectivity index (χ0v) is 17.6. The molecule has 0 amide bonds. The fourth-order valence-electron chi connectivity index (χ4n) is 4.29.